The summed E-state index contributed by atoms with van der Waals surface area (Å²) in [6, 6.07) is -3.37. The van der Waals surface area contributed by atoms with Gasteiger partial charge in [0.15, 0.2) is 0 Å². The summed E-state index contributed by atoms with van der Waals surface area (Å²) in [6.45, 7) is 1.70. The van der Waals surface area contributed by atoms with Crippen molar-refractivity contribution in [2.75, 3.05) is 21.1 Å². The molecule has 0 spiro atoms. The first-order chi connectivity index (χ1) is 25.1. The first-order valence-corrected chi connectivity index (χ1v) is 15.8. The van der Waals surface area contributed by atoms with Gasteiger partial charge in [0.2, 0.25) is 0 Å². The highest BCUT2D eigenvalue weighted by Gasteiger charge is 2.47. The normalized spacial score (nSPS) is 14.1. The molecule has 0 N–H and O–H groups in total. The standard InChI is InChI=1S/C33H29BF18NO3/c1-5-6-7-8-25(53(2,3)4)27-24(33(50,51)52)15-21(32(47,48)49)16-26(27)56-34(54-22-11-17(28(35,36)37)9-18(12-22)29(38,39)40)55-23-13-19(30(41,42)43)10-20(14-23)31(44,45)46/h9-16,25H,5-8H2,1-4H3/q+1. The minimum Gasteiger partial charge on any atom is -0.490 e. The molecule has 1 atom stereocenters. The van der Waals surface area contributed by atoms with E-state index in [-0.39, 0.29) is 49.2 Å². The Bertz CT molecular complexity index is 1680. The molecular formula is C33H29BF18NO3+. The Hall–Kier alpha value is -4.18. The average molecular weight is 840 g/mol. The first-order valence-electron chi connectivity index (χ1n) is 15.8. The predicted molar refractivity (Wildman–Crippen MR) is 162 cm³/mol. The van der Waals surface area contributed by atoms with Crippen LogP contribution in [0, 0.1) is 0 Å². The zero-order valence-corrected chi connectivity index (χ0v) is 29.1. The van der Waals surface area contributed by atoms with E-state index in [2.05, 4.69) is 0 Å². The van der Waals surface area contributed by atoms with Crippen LogP contribution in [-0.4, -0.2) is 32.9 Å². The number of hydrogen-bond donors (Lipinski definition) is 0. The molecule has 56 heavy (non-hydrogen) atoms. The molecule has 0 aliphatic heterocycles. The van der Waals surface area contributed by atoms with E-state index < -0.39 is 123 Å². The molecule has 0 amide bonds. The summed E-state index contributed by atoms with van der Waals surface area (Å²) in [5.41, 5.74) is -13.6. The Morgan fingerprint density at radius 3 is 1.14 bits per heavy atom. The van der Waals surface area contributed by atoms with Crippen LogP contribution in [0.15, 0.2) is 48.5 Å². The fourth-order valence-electron chi connectivity index (χ4n) is 5.36. The Balaban J connectivity index is 2.47. The second kappa shape index (κ2) is 16.0. The third kappa shape index (κ3) is 12.2. The fourth-order valence-corrected chi connectivity index (χ4v) is 5.36. The maximum Gasteiger partial charge on any atom is 0.864 e. The van der Waals surface area contributed by atoms with E-state index in [4.69, 9.17) is 14.0 Å². The van der Waals surface area contributed by atoms with Crippen molar-refractivity contribution in [3.05, 3.63) is 87.5 Å². The Morgan fingerprint density at radius 2 is 0.839 bits per heavy atom. The molecule has 0 saturated carbocycles. The molecule has 3 aromatic rings. The number of quaternary nitrogens is 1. The van der Waals surface area contributed by atoms with Gasteiger partial charge in [0.05, 0.1) is 60.1 Å². The van der Waals surface area contributed by atoms with Gasteiger partial charge in [0, 0.05) is 6.42 Å². The van der Waals surface area contributed by atoms with Crippen molar-refractivity contribution in [2.24, 2.45) is 0 Å². The van der Waals surface area contributed by atoms with Gasteiger partial charge in [-0.1, -0.05) is 19.8 Å². The Labute approximate surface area is 306 Å². The van der Waals surface area contributed by atoms with Gasteiger partial charge >= 0.3 is 44.4 Å². The summed E-state index contributed by atoms with van der Waals surface area (Å²) in [5.74, 6) is -4.66. The zero-order valence-electron chi connectivity index (χ0n) is 29.1. The molecule has 0 aromatic heterocycles. The Kier molecular flexibility index (Phi) is 13.2. The van der Waals surface area contributed by atoms with Crippen LogP contribution in [0.2, 0.25) is 0 Å². The second-order valence-electron chi connectivity index (χ2n) is 13.2. The summed E-state index contributed by atoms with van der Waals surface area (Å²) in [5, 5.41) is 0. The van der Waals surface area contributed by atoms with Crippen molar-refractivity contribution >= 4 is 7.32 Å². The minimum atomic E-state index is -5.63. The molecule has 0 aliphatic carbocycles. The quantitative estimate of drug-likeness (QED) is 0.0787. The largest absolute Gasteiger partial charge is 0.864 e. The number of hydrogen-bond acceptors (Lipinski definition) is 3. The highest BCUT2D eigenvalue weighted by molar-refractivity contribution is 6.39. The van der Waals surface area contributed by atoms with Gasteiger partial charge in [0.25, 0.3) is 0 Å². The maximum atomic E-state index is 14.7. The maximum absolute atomic E-state index is 14.7. The molecule has 3 aromatic carbocycles. The van der Waals surface area contributed by atoms with Crippen LogP contribution in [0.5, 0.6) is 17.2 Å². The van der Waals surface area contributed by atoms with Crippen molar-refractivity contribution in [1.82, 2.24) is 0 Å². The van der Waals surface area contributed by atoms with Crippen LogP contribution in [0.1, 0.15) is 77.6 Å². The van der Waals surface area contributed by atoms with Crippen LogP contribution in [0.25, 0.3) is 0 Å². The van der Waals surface area contributed by atoms with Crippen molar-refractivity contribution < 1.29 is 97.5 Å². The number of unbranched alkanes of at least 4 members (excludes halogenated alkanes) is 2. The molecule has 0 fully saturated rings. The number of benzene rings is 3. The summed E-state index contributed by atoms with van der Waals surface area (Å²) in [7, 11) is 0.665. The van der Waals surface area contributed by atoms with Gasteiger partial charge < -0.3 is 18.4 Å². The van der Waals surface area contributed by atoms with Gasteiger partial charge in [0.1, 0.15) is 23.3 Å². The van der Waals surface area contributed by atoms with Crippen LogP contribution < -0.4 is 14.0 Å². The number of alkyl halides is 18. The lowest BCUT2D eigenvalue weighted by Gasteiger charge is -2.37. The monoisotopic (exact) mass is 840 g/mol. The van der Waals surface area contributed by atoms with Gasteiger partial charge in [-0.25, -0.2) is 0 Å². The molecular weight excluding hydrogens is 811 g/mol. The van der Waals surface area contributed by atoms with Crippen molar-refractivity contribution in [1.29, 1.82) is 0 Å². The van der Waals surface area contributed by atoms with E-state index in [1.807, 2.05) is 0 Å². The molecule has 1 unspecified atom stereocenters. The molecule has 23 heteroatoms. The van der Waals surface area contributed by atoms with Crippen LogP contribution in [0.4, 0.5) is 79.0 Å². The zero-order chi connectivity index (χ0) is 43.0. The summed E-state index contributed by atoms with van der Waals surface area (Å²) in [6.07, 6.45) is -32.8. The molecule has 0 aliphatic rings. The van der Waals surface area contributed by atoms with E-state index in [9.17, 15) is 79.0 Å². The van der Waals surface area contributed by atoms with Gasteiger partial charge in [-0.2, -0.15) is 79.0 Å². The van der Waals surface area contributed by atoms with E-state index >= 15 is 0 Å². The fraction of sp³-hybridized carbons (Fsp3) is 0.455. The van der Waals surface area contributed by atoms with Crippen molar-refractivity contribution in [3.8, 4) is 17.2 Å². The molecule has 0 heterocycles. The molecule has 0 saturated heterocycles. The van der Waals surface area contributed by atoms with Gasteiger partial charge in [-0.05, 0) is 55.0 Å². The van der Waals surface area contributed by atoms with Crippen LogP contribution >= 0.6 is 0 Å². The summed E-state index contributed by atoms with van der Waals surface area (Å²) >= 11 is 0. The van der Waals surface area contributed by atoms with Gasteiger partial charge in [-0.3, -0.25) is 0 Å². The number of halogens is 18. The minimum absolute atomic E-state index is 0.0622. The predicted octanol–water partition coefficient (Wildman–Crippen LogP) is 12.6. The van der Waals surface area contributed by atoms with Crippen LogP contribution in [0.3, 0.4) is 0 Å². The van der Waals surface area contributed by atoms with Crippen LogP contribution in [-0.2, 0) is 37.1 Å². The molecule has 4 nitrogen and oxygen atoms in total. The molecule has 0 radical (unpaired) electrons. The number of rotatable bonds is 12. The lowest BCUT2D eigenvalue weighted by molar-refractivity contribution is -0.902. The van der Waals surface area contributed by atoms with E-state index in [1.54, 1.807) is 6.92 Å². The van der Waals surface area contributed by atoms with E-state index in [0.717, 1.165) is 0 Å². The molecule has 312 valence electrons. The summed E-state index contributed by atoms with van der Waals surface area (Å²) < 4.78 is 265. The SMILES string of the molecule is CCCCCC(c1c(OB(Oc2cc(C(F)(F)F)cc(C(F)(F)F)c2)Oc2cc(C(F)(F)F)cc(C(F)(F)F)c2)cc(C(F)(F)F)cc1C(F)(F)F)[N+](C)(C)C. The first kappa shape index (κ1) is 46.2. The third-order valence-electron chi connectivity index (χ3n) is 7.93. The topological polar surface area (TPSA) is 27.7 Å². The lowest BCUT2D eigenvalue weighted by atomic mass is 9.90. The highest BCUT2D eigenvalue weighted by atomic mass is 19.4. The second-order valence-corrected chi connectivity index (χ2v) is 13.2. The van der Waals surface area contributed by atoms with Gasteiger partial charge in [-0.15, -0.1) is 0 Å². The Morgan fingerprint density at radius 1 is 0.482 bits per heavy atom. The third-order valence-corrected chi connectivity index (χ3v) is 7.93. The van der Waals surface area contributed by atoms with Crippen molar-refractivity contribution in [2.45, 2.75) is 75.7 Å². The smallest absolute Gasteiger partial charge is 0.490 e. The average Bonchev–Trinajstić information content (AvgIpc) is 2.99. The molecule has 3 rings (SSSR count). The molecule has 0 bridgehead atoms. The summed E-state index contributed by atoms with van der Waals surface area (Å²) in [4.78, 5) is 0. The van der Waals surface area contributed by atoms with Crippen molar-refractivity contribution in [3.63, 3.8) is 0 Å². The van der Waals surface area contributed by atoms with E-state index in [0.29, 0.717) is 12.8 Å². The highest BCUT2D eigenvalue weighted by Crippen LogP contribution is 2.48. The number of nitrogens with zero attached hydrogens (tertiary/aromatic N) is 1. The van der Waals surface area contributed by atoms with E-state index in [1.165, 1.54) is 21.1 Å². The lowest BCUT2D eigenvalue weighted by Crippen LogP contribution is -2.42.